The highest BCUT2D eigenvalue weighted by Crippen LogP contribution is 2.30. The van der Waals surface area contributed by atoms with E-state index in [0.717, 1.165) is 29.7 Å². The Morgan fingerprint density at radius 3 is 2.56 bits per heavy atom. The van der Waals surface area contributed by atoms with Gasteiger partial charge in [0.1, 0.15) is 5.82 Å². The van der Waals surface area contributed by atoms with Crippen LogP contribution in [-0.4, -0.2) is 18.5 Å². The van der Waals surface area contributed by atoms with Crippen molar-refractivity contribution in [2.24, 2.45) is 5.92 Å². The summed E-state index contributed by atoms with van der Waals surface area (Å²) < 4.78 is 13.1. The molecule has 0 aromatic heterocycles. The minimum Gasteiger partial charge on any atom is -0.338 e. The number of carbonyl (C=O) groups is 2. The van der Waals surface area contributed by atoms with E-state index < -0.39 is 0 Å². The first-order valence-corrected chi connectivity index (χ1v) is 9.21. The van der Waals surface area contributed by atoms with E-state index >= 15 is 0 Å². The molecule has 0 bridgehead atoms. The van der Waals surface area contributed by atoms with Gasteiger partial charge in [-0.05, 0) is 61.6 Å². The van der Waals surface area contributed by atoms with Gasteiger partial charge in [-0.3, -0.25) is 4.79 Å². The summed E-state index contributed by atoms with van der Waals surface area (Å²) in [7, 11) is 0. The molecule has 1 unspecified atom stereocenters. The van der Waals surface area contributed by atoms with E-state index in [1.54, 1.807) is 6.07 Å². The Morgan fingerprint density at radius 1 is 1.15 bits per heavy atom. The molecule has 142 valence electrons. The van der Waals surface area contributed by atoms with Crippen molar-refractivity contribution in [1.82, 2.24) is 10.6 Å². The smallest absolute Gasteiger partial charge is 0.315 e. The normalized spacial score (nSPS) is 14.3. The van der Waals surface area contributed by atoms with Gasteiger partial charge in [0.05, 0.1) is 6.04 Å². The first-order chi connectivity index (χ1) is 13.0. The second-order valence-electron chi connectivity index (χ2n) is 6.89. The zero-order valence-electron chi connectivity index (χ0n) is 15.3. The number of rotatable bonds is 7. The summed E-state index contributed by atoms with van der Waals surface area (Å²) in [6.07, 6.45) is 2.51. The second-order valence-corrected chi connectivity index (χ2v) is 6.89. The zero-order chi connectivity index (χ0) is 19.2. The lowest BCUT2D eigenvalue weighted by molar-refractivity contribution is -0.117. The van der Waals surface area contributed by atoms with Gasteiger partial charge in [-0.15, -0.1) is 0 Å². The van der Waals surface area contributed by atoms with Gasteiger partial charge >= 0.3 is 6.03 Å². The number of urea groups is 1. The van der Waals surface area contributed by atoms with Crippen LogP contribution in [0, 0.1) is 11.7 Å². The highest BCUT2D eigenvalue weighted by Gasteiger charge is 2.29. The first-order valence-electron chi connectivity index (χ1n) is 9.21. The van der Waals surface area contributed by atoms with Gasteiger partial charge in [0.2, 0.25) is 5.91 Å². The maximum Gasteiger partial charge on any atom is 0.315 e. The second kappa shape index (κ2) is 8.66. The molecule has 0 radical (unpaired) electrons. The number of anilines is 1. The van der Waals surface area contributed by atoms with E-state index in [-0.39, 0.29) is 29.7 Å². The van der Waals surface area contributed by atoms with Gasteiger partial charge in [0.25, 0.3) is 0 Å². The molecule has 1 saturated carbocycles. The SMILES string of the molecule is CC(NC(=O)NCCc1cccc(F)c1)c1ccc(NC(=O)C2CC2)cc1. The van der Waals surface area contributed by atoms with Crippen LogP contribution in [0.25, 0.3) is 0 Å². The summed E-state index contributed by atoms with van der Waals surface area (Å²) in [5.41, 5.74) is 2.55. The summed E-state index contributed by atoms with van der Waals surface area (Å²) in [6, 6.07) is 13.4. The molecule has 1 fully saturated rings. The topological polar surface area (TPSA) is 70.2 Å². The number of carbonyl (C=O) groups excluding carboxylic acids is 2. The highest BCUT2D eigenvalue weighted by molar-refractivity contribution is 5.94. The molecule has 2 aromatic rings. The molecular weight excluding hydrogens is 345 g/mol. The molecule has 3 N–H and O–H groups in total. The lowest BCUT2D eigenvalue weighted by atomic mass is 10.1. The Hall–Kier alpha value is -2.89. The van der Waals surface area contributed by atoms with Crippen molar-refractivity contribution in [3.63, 3.8) is 0 Å². The average Bonchev–Trinajstić information content (AvgIpc) is 3.47. The standard InChI is InChI=1S/C21H24FN3O2/c1-14(16-7-9-19(10-8-16)25-20(26)17-5-6-17)24-21(27)23-12-11-15-3-2-4-18(22)13-15/h2-4,7-10,13-14,17H,5-6,11-12H2,1H3,(H,25,26)(H2,23,24,27). The molecule has 3 rings (SSSR count). The van der Waals surface area contributed by atoms with Crippen LogP contribution in [0.5, 0.6) is 0 Å². The number of hydrogen-bond donors (Lipinski definition) is 3. The predicted molar refractivity (Wildman–Crippen MR) is 103 cm³/mol. The van der Waals surface area contributed by atoms with Crippen molar-refractivity contribution in [3.05, 3.63) is 65.5 Å². The maximum absolute atomic E-state index is 13.1. The molecule has 1 aliphatic rings. The van der Waals surface area contributed by atoms with Crippen LogP contribution < -0.4 is 16.0 Å². The number of halogens is 1. The summed E-state index contributed by atoms with van der Waals surface area (Å²) in [4.78, 5) is 23.8. The van der Waals surface area contributed by atoms with Crippen LogP contribution in [0.15, 0.2) is 48.5 Å². The van der Waals surface area contributed by atoms with E-state index in [2.05, 4.69) is 16.0 Å². The zero-order valence-corrected chi connectivity index (χ0v) is 15.3. The molecule has 0 spiro atoms. The molecule has 0 heterocycles. The van der Waals surface area contributed by atoms with Crippen molar-refractivity contribution in [3.8, 4) is 0 Å². The largest absolute Gasteiger partial charge is 0.338 e. The monoisotopic (exact) mass is 369 g/mol. The van der Waals surface area contributed by atoms with E-state index in [1.807, 2.05) is 37.3 Å². The van der Waals surface area contributed by atoms with Gasteiger partial charge in [0.15, 0.2) is 0 Å². The van der Waals surface area contributed by atoms with Gasteiger partial charge in [-0.1, -0.05) is 24.3 Å². The Kier molecular flexibility index (Phi) is 6.06. The number of nitrogens with one attached hydrogen (secondary N) is 3. The molecule has 6 heteroatoms. The Labute approximate surface area is 158 Å². The van der Waals surface area contributed by atoms with Crippen molar-refractivity contribution >= 4 is 17.6 Å². The molecule has 5 nitrogen and oxygen atoms in total. The van der Waals surface area contributed by atoms with Crippen molar-refractivity contribution in [1.29, 1.82) is 0 Å². The Balaban J connectivity index is 1.42. The predicted octanol–water partition coefficient (Wildman–Crippen LogP) is 3.78. The van der Waals surface area contributed by atoms with Crippen molar-refractivity contribution in [2.75, 3.05) is 11.9 Å². The fourth-order valence-electron chi connectivity index (χ4n) is 2.79. The fraction of sp³-hybridized carbons (Fsp3) is 0.333. The third-order valence-electron chi connectivity index (χ3n) is 4.56. The van der Waals surface area contributed by atoms with Crippen LogP contribution in [0.1, 0.15) is 36.9 Å². The molecule has 1 aliphatic carbocycles. The van der Waals surface area contributed by atoms with Crippen LogP contribution in [0.3, 0.4) is 0 Å². The summed E-state index contributed by atoms with van der Waals surface area (Å²) in [5.74, 6) is -0.0321. The lowest BCUT2D eigenvalue weighted by Gasteiger charge is -2.16. The van der Waals surface area contributed by atoms with Crippen LogP contribution >= 0.6 is 0 Å². The Morgan fingerprint density at radius 2 is 1.89 bits per heavy atom. The fourth-order valence-corrected chi connectivity index (χ4v) is 2.79. The van der Waals surface area contributed by atoms with Crippen molar-refractivity contribution < 1.29 is 14.0 Å². The van der Waals surface area contributed by atoms with Crippen molar-refractivity contribution in [2.45, 2.75) is 32.2 Å². The number of hydrogen-bond acceptors (Lipinski definition) is 2. The molecule has 27 heavy (non-hydrogen) atoms. The maximum atomic E-state index is 13.1. The third kappa shape index (κ3) is 5.81. The summed E-state index contributed by atoms with van der Waals surface area (Å²) in [5, 5.41) is 8.54. The van der Waals surface area contributed by atoms with E-state index in [0.29, 0.717) is 13.0 Å². The van der Waals surface area contributed by atoms with Gasteiger partial charge in [0, 0.05) is 18.2 Å². The summed E-state index contributed by atoms with van der Waals surface area (Å²) in [6.45, 7) is 2.32. The van der Waals surface area contributed by atoms with Gasteiger partial charge in [-0.25, -0.2) is 9.18 Å². The van der Waals surface area contributed by atoms with Gasteiger partial charge < -0.3 is 16.0 Å². The van der Waals surface area contributed by atoms with E-state index in [4.69, 9.17) is 0 Å². The Bertz CT molecular complexity index is 803. The molecular formula is C21H24FN3O2. The molecule has 2 aromatic carbocycles. The van der Waals surface area contributed by atoms with Crippen LogP contribution in [0.4, 0.5) is 14.9 Å². The van der Waals surface area contributed by atoms with Crippen LogP contribution in [0.2, 0.25) is 0 Å². The third-order valence-corrected chi connectivity index (χ3v) is 4.56. The molecule has 0 aliphatic heterocycles. The van der Waals surface area contributed by atoms with Crippen LogP contribution in [-0.2, 0) is 11.2 Å². The minimum absolute atomic E-state index is 0.0756. The lowest BCUT2D eigenvalue weighted by Crippen LogP contribution is -2.38. The number of amides is 3. The highest BCUT2D eigenvalue weighted by atomic mass is 19.1. The molecule has 1 atom stereocenters. The average molecular weight is 369 g/mol. The summed E-state index contributed by atoms with van der Waals surface area (Å²) >= 11 is 0. The quantitative estimate of drug-likeness (QED) is 0.695. The van der Waals surface area contributed by atoms with E-state index in [1.165, 1.54) is 12.1 Å². The minimum atomic E-state index is -0.276. The first kappa shape index (κ1) is 18.9. The number of benzene rings is 2. The molecule has 3 amide bonds. The van der Waals surface area contributed by atoms with Gasteiger partial charge in [-0.2, -0.15) is 0 Å². The molecule has 0 saturated heterocycles. The van der Waals surface area contributed by atoms with E-state index in [9.17, 15) is 14.0 Å².